The first-order valence-electron chi connectivity index (χ1n) is 7.71. The van der Waals surface area contributed by atoms with Crippen LogP contribution in [0.5, 0.6) is 0 Å². The van der Waals surface area contributed by atoms with E-state index in [1.54, 1.807) is 25.3 Å². The van der Waals surface area contributed by atoms with Crippen molar-refractivity contribution in [3.8, 4) is 10.6 Å². The van der Waals surface area contributed by atoms with Crippen LogP contribution in [0.15, 0.2) is 22.3 Å². The number of thiophene rings is 1. The van der Waals surface area contributed by atoms with Crippen molar-refractivity contribution >= 4 is 28.6 Å². The standard InChI is InChI=1S/C17H18N4O2S2/c1-9-10(2)20-21(4)17(23)13(9)16-19-11(3)14(25-16)15(22)18-8-12-6-5-7-24-12/h5-7H,8H2,1-4H3,(H,18,22). The average molecular weight is 374 g/mol. The van der Waals surface area contributed by atoms with Crippen LogP contribution in [0.1, 0.15) is 31.5 Å². The second-order valence-electron chi connectivity index (χ2n) is 5.71. The van der Waals surface area contributed by atoms with Crippen LogP contribution in [-0.4, -0.2) is 20.7 Å². The number of hydrogen-bond acceptors (Lipinski definition) is 6. The quantitative estimate of drug-likeness (QED) is 0.762. The molecule has 3 rings (SSSR count). The molecule has 0 aliphatic carbocycles. The highest BCUT2D eigenvalue weighted by Crippen LogP contribution is 2.28. The molecule has 0 atom stereocenters. The highest BCUT2D eigenvalue weighted by Gasteiger charge is 2.20. The van der Waals surface area contributed by atoms with E-state index in [0.29, 0.717) is 27.7 Å². The summed E-state index contributed by atoms with van der Waals surface area (Å²) in [6.07, 6.45) is 0. The summed E-state index contributed by atoms with van der Waals surface area (Å²) in [5.74, 6) is -0.171. The summed E-state index contributed by atoms with van der Waals surface area (Å²) in [6, 6.07) is 3.93. The molecule has 1 amide bonds. The van der Waals surface area contributed by atoms with Crippen LogP contribution < -0.4 is 10.9 Å². The second-order valence-corrected chi connectivity index (χ2v) is 7.74. The Morgan fingerprint density at radius 2 is 2.04 bits per heavy atom. The van der Waals surface area contributed by atoms with Gasteiger partial charge in [-0.2, -0.15) is 5.10 Å². The molecular weight excluding hydrogens is 356 g/mol. The Morgan fingerprint density at radius 1 is 1.28 bits per heavy atom. The number of carbonyl (C=O) groups is 1. The Kier molecular flexibility index (Phi) is 4.82. The highest BCUT2D eigenvalue weighted by atomic mass is 32.1. The number of aryl methyl sites for hydroxylation is 3. The van der Waals surface area contributed by atoms with Gasteiger partial charge in [0.1, 0.15) is 9.88 Å². The molecule has 0 saturated carbocycles. The van der Waals surface area contributed by atoms with Crippen LogP contribution in [0.25, 0.3) is 10.6 Å². The van der Waals surface area contributed by atoms with Crippen molar-refractivity contribution in [1.82, 2.24) is 20.1 Å². The molecule has 0 aromatic carbocycles. The molecule has 0 unspecified atom stereocenters. The fourth-order valence-corrected chi connectivity index (χ4v) is 4.20. The van der Waals surface area contributed by atoms with Crippen molar-refractivity contribution in [2.24, 2.45) is 7.05 Å². The minimum Gasteiger partial charge on any atom is -0.346 e. The molecule has 3 aromatic heterocycles. The monoisotopic (exact) mass is 374 g/mol. The van der Waals surface area contributed by atoms with Gasteiger partial charge in [0.05, 0.1) is 23.5 Å². The molecule has 6 nitrogen and oxygen atoms in total. The van der Waals surface area contributed by atoms with E-state index in [1.807, 2.05) is 31.4 Å². The molecule has 0 fully saturated rings. The first kappa shape index (κ1) is 17.5. The number of hydrogen-bond donors (Lipinski definition) is 1. The van der Waals surface area contributed by atoms with Crippen LogP contribution in [0.4, 0.5) is 0 Å². The van der Waals surface area contributed by atoms with Crippen molar-refractivity contribution < 1.29 is 4.79 Å². The number of nitrogens with one attached hydrogen (secondary N) is 1. The Hall–Kier alpha value is -2.32. The smallest absolute Gasteiger partial charge is 0.277 e. The van der Waals surface area contributed by atoms with Crippen LogP contribution in [0.3, 0.4) is 0 Å². The van der Waals surface area contributed by atoms with Gasteiger partial charge in [-0.3, -0.25) is 9.59 Å². The lowest BCUT2D eigenvalue weighted by Crippen LogP contribution is -2.23. The molecule has 3 aromatic rings. The number of thiazole rings is 1. The summed E-state index contributed by atoms with van der Waals surface area (Å²) in [5.41, 5.74) is 2.50. The van der Waals surface area contributed by atoms with Gasteiger partial charge in [-0.05, 0) is 37.8 Å². The second kappa shape index (κ2) is 6.89. The molecule has 3 heterocycles. The van der Waals surface area contributed by atoms with Gasteiger partial charge in [0.2, 0.25) is 0 Å². The summed E-state index contributed by atoms with van der Waals surface area (Å²) < 4.78 is 1.31. The Balaban J connectivity index is 1.93. The molecule has 0 radical (unpaired) electrons. The van der Waals surface area contributed by atoms with E-state index in [4.69, 9.17) is 0 Å². The molecular formula is C17H18N4O2S2. The SMILES string of the molecule is Cc1nc(-c2c(C)c(C)nn(C)c2=O)sc1C(=O)NCc1cccs1. The van der Waals surface area contributed by atoms with E-state index in [0.717, 1.165) is 16.1 Å². The molecule has 0 aliphatic heterocycles. The lowest BCUT2D eigenvalue weighted by molar-refractivity contribution is 0.0954. The van der Waals surface area contributed by atoms with E-state index in [9.17, 15) is 9.59 Å². The van der Waals surface area contributed by atoms with E-state index in [2.05, 4.69) is 15.4 Å². The molecule has 0 saturated heterocycles. The Morgan fingerprint density at radius 3 is 2.72 bits per heavy atom. The van der Waals surface area contributed by atoms with Gasteiger partial charge in [-0.1, -0.05) is 6.07 Å². The average Bonchev–Trinajstić information content (AvgIpc) is 3.21. The molecule has 0 aliphatic rings. The van der Waals surface area contributed by atoms with Crippen molar-refractivity contribution in [2.45, 2.75) is 27.3 Å². The van der Waals surface area contributed by atoms with Crippen LogP contribution in [0, 0.1) is 20.8 Å². The molecule has 1 N–H and O–H groups in total. The van der Waals surface area contributed by atoms with Crippen molar-refractivity contribution in [2.75, 3.05) is 0 Å². The van der Waals surface area contributed by atoms with Gasteiger partial charge in [0, 0.05) is 11.9 Å². The van der Waals surface area contributed by atoms with Gasteiger partial charge in [0.15, 0.2) is 0 Å². The summed E-state index contributed by atoms with van der Waals surface area (Å²) in [5, 5.41) is 9.62. The highest BCUT2D eigenvalue weighted by molar-refractivity contribution is 7.17. The van der Waals surface area contributed by atoms with Crippen molar-refractivity contribution in [3.63, 3.8) is 0 Å². The first-order valence-corrected chi connectivity index (χ1v) is 9.41. The lowest BCUT2D eigenvalue weighted by atomic mass is 10.1. The molecule has 0 spiro atoms. The van der Waals surface area contributed by atoms with Crippen LogP contribution in [-0.2, 0) is 13.6 Å². The Labute approximate surface area is 153 Å². The van der Waals surface area contributed by atoms with Gasteiger partial charge in [-0.25, -0.2) is 9.67 Å². The van der Waals surface area contributed by atoms with Crippen molar-refractivity contribution in [3.05, 3.63) is 54.6 Å². The maximum absolute atomic E-state index is 12.5. The first-order chi connectivity index (χ1) is 11.9. The summed E-state index contributed by atoms with van der Waals surface area (Å²) in [4.78, 5) is 31.0. The number of amides is 1. The third-order valence-corrected chi connectivity index (χ3v) is 6.00. The normalized spacial score (nSPS) is 10.9. The summed E-state index contributed by atoms with van der Waals surface area (Å²) in [7, 11) is 1.62. The summed E-state index contributed by atoms with van der Waals surface area (Å²) in [6.45, 7) is 5.98. The zero-order chi connectivity index (χ0) is 18.1. The Bertz CT molecular complexity index is 987. The fraction of sp³-hybridized carbons (Fsp3) is 0.294. The van der Waals surface area contributed by atoms with Gasteiger partial charge in [0.25, 0.3) is 11.5 Å². The number of nitrogens with zero attached hydrogens (tertiary/aromatic N) is 3. The molecule has 0 bridgehead atoms. The zero-order valence-corrected chi connectivity index (χ0v) is 16.0. The number of aromatic nitrogens is 3. The minimum atomic E-state index is -0.206. The van der Waals surface area contributed by atoms with E-state index < -0.39 is 0 Å². The van der Waals surface area contributed by atoms with Crippen molar-refractivity contribution in [1.29, 1.82) is 0 Å². The number of rotatable bonds is 4. The zero-order valence-electron chi connectivity index (χ0n) is 14.4. The van der Waals surface area contributed by atoms with Gasteiger partial charge < -0.3 is 5.32 Å². The topological polar surface area (TPSA) is 76.9 Å². The maximum atomic E-state index is 12.5. The predicted molar refractivity (Wildman–Crippen MR) is 100 cm³/mol. The van der Waals surface area contributed by atoms with E-state index >= 15 is 0 Å². The van der Waals surface area contributed by atoms with E-state index in [-0.39, 0.29) is 11.5 Å². The maximum Gasteiger partial charge on any atom is 0.277 e. The molecule has 130 valence electrons. The third-order valence-electron chi connectivity index (χ3n) is 3.95. The number of carbonyl (C=O) groups excluding carboxylic acids is 1. The van der Waals surface area contributed by atoms with Crippen LogP contribution in [0.2, 0.25) is 0 Å². The minimum absolute atomic E-state index is 0.171. The van der Waals surface area contributed by atoms with E-state index in [1.165, 1.54) is 16.0 Å². The lowest BCUT2D eigenvalue weighted by Gasteiger charge is -2.07. The molecule has 25 heavy (non-hydrogen) atoms. The van der Waals surface area contributed by atoms with Crippen LogP contribution >= 0.6 is 22.7 Å². The predicted octanol–water partition coefficient (Wildman–Crippen LogP) is 2.82. The fourth-order valence-electron chi connectivity index (χ4n) is 2.48. The summed E-state index contributed by atoms with van der Waals surface area (Å²) >= 11 is 2.84. The van der Waals surface area contributed by atoms with Gasteiger partial charge in [-0.15, -0.1) is 22.7 Å². The third kappa shape index (κ3) is 3.40. The van der Waals surface area contributed by atoms with Gasteiger partial charge >= 0.3 is 0 Å². The molecule has 8 heteroatoms. The largest absolute Gasteiger partial charge is 0.346 e.